The van der Waals surface area contributed by atoms with Crippen molar-refractivity contribution in [3.63, 3.8) is 0 Å². The van der Waals surface area contributed by atoms with Crippen LogP contribution in [0, 0.1) is 5.92 Å². The number of fused-ring (bicyclic) bond motifs is 1. The van der Waals surface area contributed by atoms with Gasteiger partial charge in [-0.3, -0.25) is 9.78 Å². The third kappa shape index (κ3) is 2.17. The van der Waals surface area contributed by atoms with Gasteiger partial charge >= 0.3 is 0 Å². The van der Waals surface area contributed by atoms with Crippen molar-refractivity contribution in [2.45, 2.75) is 18.9 Å². The first-order valence-corrected chi connectivity index (χ1v) is 6.24. The molecular formula is C13H17N3O. The molecule has 0 spiro atoms. The fourth-order valence-electron chi connectivity index (χ4n) is 2.82. The number of hydrogen-bond donors (Lipinski definition) is 1. The summed E-state index contributed by atoms with van der Waals surface area (Å²) in [6, 6.07) is 6.24. The molecule has 3 rings (SSSR count). The van der Waals surface area contributed by atoms with Crippen LogP contribution in [-0.4, -0.2) is 41.5 Å². The van der Waals surface area contributed by atoms with Crippen LogP contribution in [0.2, 0.25) is 0 Å². The van der Waals surface area contributed by atoms with Crippen LogP contribution in [0.15, 0.2) is 24.4 Å². The molecule has 0 bridgehead atoms. The smallest absolute Gasteiger partial charge is 0.228 e. The molecular weight excluding hydrogens is 214 g/mol. The third-order valence-electron chi connectivity index (χ3n) is 3.77. The van der Waals surface area contributed by atoms with Crippen LogP contribution < -0.4 is 5.32 Å². The first-order chi connectivity index (χ1) is 8.33. The Kier molecular flexibility index (Phi) is 2.81. The van der Waals surface area contributed by atoms with E-state index in [-0.39, 0.29) is 5.91 Å². The Morgan fingerprint density at radius 2 is 2.41 bits per heavy atom. The SMILES string of the molecule is O=C(Cc1ccccn1)N1C[C@H]2CCN[C@H]2C1. The molecule has 17 heavy (non-hydrogen) atoms. The summed E-state index contributed by atoms with van der Waals surface area (Å²) in [7, 11) is 0. The molecule has 4 nitrogen and oxygen atoms in total. The number of nitrogens with zero attached hydrogens (tertiary/aromatic N) is 2. The van der Waals surface area contributed by atoms with Crippen molar-refractivity contribution in [1.29, 1.82) is 0 Å². The Bertz CT molecular complexity index is 394. The van der Waals surface area contributed by atoms with Crippen molar-refractivity contribution in [1.82, 2.24) is 15.2 Å². The number of carbonyl (C=O) groups excluding carboxylic acids is 1. The number of aromatic nitrogens is 1. The highest BCUT2D eigenvalue weighted by Crippen LogP contribution is 2.24. The third-order valence-corrected chi connectivity index (χ3v) is 3.77. The molecule has 2 saturated heterocycles. The Morgan fingerprint density at radius 1 is 1.47 bits per heavy atom. The summed E-state index contributed by atoms with van der Waals surface area (Å²) in [5, 5.41) is 3.46. The zero-order valence-electron chi connectivity index (χ0n) is 9.80. The number of nitrogens with one attached hydrogen (secondary N) is 1. The van der Waals surface area contributed by atoms with E-state index in [1.54, 1.807) is 6.20 Å². The molecule has 1 amide bonds. The van der Waals surface area contributed by atoms with Crippen molar-refractivity contribution in [2.75, 3.05) is 19.6 Å². The van der Waals surface area contributed by atoms with Crippen LogP contribution >= 0.6 is 0 Å². The quantitative estimate of drug-likeness (QED) is 0.803. The van der Waals surface area contributed by atoms with Gasteiger partial charge in [-0.05, 0) is 31.0 Å². The molecule has 1 aromatic rings. The molecule has 0 unspecified atom stereocenters. The molecule has 0 aliphatic carbocycles. The summed E-state index contributed by atoms with van der Waals surface area (Å²) in [6.45, 7) is 2.90. The lowest BCUT2D eigenvalue weighted by molar-refractivity contribution is -0.129. The van der Waals surface area contributed by atoms with Gasteiger partial charge in [0.25, 0.3) is 0 Å². The Morgan fingerprint density at radius 3 is 3.18 bits per heavy atom. The van der Waals surface area contributed by atoms with E-state index in [0.29, 0.717) is 18.4 Å². The molecule has 0 saturated carbocycles. The normalized spacial score (nSPS) is 27.2. The van der Waals surface area contributed by atoms with E-state index in [9.17, 15) is 4.79 Å². The largest absolute Gasteiger partial charge is 0.340 e. The molecule has 2 aliphatic rings. The van der Waals surface area contributed by atoms with Crippen molar-refractivity contribution >= 4 is 5.91 Å². The number of amides is 1. The summed E-state index contributed by atoms with van der Waals surface area (Å²) in [4.78, 5) is 18.3. The predicted octanol–water partition coefficient (Wildman–Crippen LogP) is 0.444. The standard InChI is InChI=1S/C13H17N3O/c17-13(7-11-3-1-2-5-14-11)16-8-10-4-6-15-12(10)9-16/h1-3,5,10,12,15H,4,6-9H2/t10-,12+/m1/s1. The Labute approximate surface area is 101 Å². The van der Waals surface area contributed by atoms with Crippen LogP contribution in [0.3, 0.4) is 0 Å². The molecule has 4 heteroatoms. The van der Waals surface area contributed by atoms with Crippen molar-refractivity contribution in [3.8, 4) is 0 Å². The molecule has 1 N–H and O–H groups in total. The van der Waals surface area contributed by atoms with Gasteiger partial charge in [-0.1, -0.05) is 6.07 Å². The molecule has 2 aliphatic heterocycles. The van der Waals surface area contributed by atoms with E-state index in [1.807, 2.05) is 23.1 Å². The fourth-order valence-corrected chi connectivity index (χ4v) is 2.82. The summed E-state index contributed by atoms with van der Waals surface area (Å²) in [5.41, 5.74) is 0.863. The average Bonchev–Trinajstić information content (AvgIpc) is 2.90. The zero-order chi connectivity index (χ0) is 11.7. The van der Waals surface area contributed by atoms with Gasteiger partial charge in [0.15, 0.2) is 0 Å². The topological polar surface area (TPSA) is 45.2 Å². The van der Waals surface area contributed by atoms with Gasteiger partial charge in [0.1, 0.15) is 0 Å². The highest BCUT2D eigenvalue weighted by molar-refractivity contribution is 5.78. The highest BCUT2D eigenvalue weighted by Gasteiger charge is 2.37. The lowest BCUT2D eigenvalue weighted by Crippen LogP contribution is -2.34. The van der Waals surface area contributed by atoms with Crippen molar-refractivity contribution in [2.24, 2.45) is 5.92 Å². The van der Waals surface area contributed by atoms with Crippen LogP contribution in [0.25, 0.3) is 0 Å². The molecule has 2 atom stereocenters. The minimum absolute atomic E-state index is 0.208. The van der Waals surface area contributed by atoms with E-state index < -0.39 is 0 Å². The second kappa shape index (κ2) is 4.45. The van der Waals surface area contributed by atoms with E-state index in [4.69, 9.17) is 0 Å². The van der Waals surface area contributed by atoms with E-state index in [1.165, 1.54) is 6.42 Å². The maximum absolute atomic E-state index is 12.1. The second-order valence-electron chi connectivity index (χ2n) is 4.91. The number of rotatable bonds is 2. The van der Waals surface area contributed by atoms with Crippen molar-refractivity contribution < 1.29 is 4.79 Å². The molecule has 1 aromatic heterocycles. The van der Waals surface area contributed by atoms with Gasteiger partial charge in [0, 0.05) is 31.0 Å². The lowest BCUT2D eigenvalue weighted by atomic mass is 10.1. The first-order valence-electron chi connectivity index (χ1n) is 6.24. The van der Waals surface area contributed by atoms with E-state index >= 15 is 0 Å². The highest BCUT2D eigenvalue weighted by atomic mass is 16.2. The maximum atomic E-state index is 12.1. The number of likely N-dealkylation sites (tertiary alicyclic amines) is 1. The van der Waals surface area contributed by atoms with Gasteiger partial charge in [0.05, 0.1) is 6.42 Å². The summed E-state index contributed by atoms with van der Waals surface area (Å²) >= 11 is 0. The molecule has 90 valence electrons. The fraction of sp³-hybridized carbons (Fsp3) is 0.538. The molecule has 0 aromatic carbocycles. The molecule has 3 heterocycles. The summed E-state index contributed by atoms with van der Waals surface area (Å²) in [5.74, 6) is 0.877. The van der Waals surface area contributed by atoms with Crippen LogP contribution in [0.5, 0.6) is 0 Å². The van der Waals surface area contributed by atoms with Gasteiger partial charge in [0.2, 0.25) is 5.91 Å². The van der Waals surface area contributed by atoms with Gasteiger partial charge < -0.3 is 10.2 Å². The minimum Gasteiger partial charge on any atom is -0.340 e. The van der Waals surface area contributed by atoms with Gasteiger partial charge in [-0.2, -0.15) is 0 Å². The summed E-state index contributed by atoms with van der Waals surface area (Å²) in [6.07, 6.45) is 3.38. The molecule has 0 radical (unpaired) electrons. The van der Waals surface area contributed by atoms with Crippen LogP contribution in [0.4, 0.5) is 0 Å². The molecule has 2 fully saturated rings. The lowest BCUT2D eigenvalue weighted by Gasteiger charge is -2.17. The zero-order valence-corrected chi connectivity index (χ0v) is 9.80. The Balaban J connectivity index is 1.61. The number of pyridine rings is 1. The minimum atomic E-state index is 0.208. The number of carbonyl (C=O) groups is 1. The van der Waals surface area contributed by atoms with E-state index in [0.717, 1.165) is 25.3 Å². The van der Waals surface area contributed by atoms with Crippen LogP contribution in [-0.2, 0) is 11.2 Å². The van der Waals surface area contributed by atoms with Gasteiger partial charge in [-0.15, -0.1) is 0 Å². The second-order valence-corrected chi connectivity index (χ2v) is 4.91. The van der Waals surface area contributed by atoms with Crippen LogP contribution in [0.1, 0.15) is 12.1 Å². The van der Waals surface area contributed by atoms with E-state index in [2.05, 4.69) is 10.3 Å². The number of hydrogen-bond acceptors (Lipinski definition) is 3. The Hall–Kier alpha value is -1.42. The first kappa shape index (κ1) is 10.7. The average molecular weight is 231 g/mol. The predicted molar refractivity (Wildman–Crippen MR) is 64.4 cm³/mol. The monoisotopic (exact) mass is 231 g/mol. The van der Waals surface area contributed by atoms with Crippen molar-refractivity contribution in [3.05, 3.63) is 30.1 Å². The summed E-state index contributed by atoms with van der Waals surface area (Å²) < 4.78 is 0. The van der Waals surface area contributed by atoms with Gasteiger partial charge in [-0.25, -0.2) is 0 Å². The maximum Gasteiger partial charge on any atom is 0.228 e.